The van der Waals surface area contributed by atoms with Gasteiger partial charge < -0.3 is 0 Å². The van der Waals surface area contributed by atoms with Gasteiger partial charge in [0.1, 0.15) is 0 Å². The Kier molecular flexibility index (Phi) is 9.80. The van der Waals surface area contributed by atoms with Crippen LogP contribution in [0.4, 0.5) is 0 Å². The zero-order chi connectivity index (χ0) is 16.4. The second-order valence-electron chi connectivity index (χ2n) is 4.01. The number of carboxylic acid groups (broad SMARTS) is 2. The molecule has 0 heterocycles. The van der Waals surface area contributed by atoms with Crippen LogP contribution in [0.3, 0.4) is 0 Å². The Morgan fingerprint density at radius 3 is 2.33 bits per heavy atom. The molecule has 0 aliphatic heterocycles. The van der Waals surface area contributed by atoms with Crippen LogP contribution in [0.25, 0.3) is 0 Å². The predicted octanol–water partition coefficient (Wildman–Crippen LogP) is -2.59. The van der Waals surface area contributed by atoms with Crippen molar-refractivity contribution in [3.8, 4) is 0 Å². The minimum absolute atomic E-state index is 0.0556. The van der Waals surface area contributed by atoms with Gasteiger partial charge in [-0.2, -0.15) is 0 Å². The van der Waals surface area contributed by atoms with Crippen molar-refractivity contribution in [3.63, 3.8) is 0 Å². The van der Waals surface area contributed by atoms with Crippen molar-refractivity contribution in [2.24, 2.45) is 5.73 Å². The summed E-state index contributed by atoms with van der Waals surface area (Å²) in [5.74, 6) is -3.31. The zero-order valence-corrected chi connectivity index (χ0v) is 13.6. The number of hydrogen-bond acceptors (Lipinski definition) is 6. The van der Waals surface area contributed by atoms with Crippen LogP contribution in [-0.2, 0) is 19.2 Å². The molecule has 0 bridgehead atoms. The van der Waals surface area contributed by atoms with Gasteiger partial charge in [-0.15, -0.1) is 0 Å². The fourth-order valence-corrected chi connectivity index (χ4v) is 2.54. The van der Waals surface area contributed by atoms with Crippen molar-refractivity contribution < 1.29 is 29.4 Å². The Balaban J connectivity index is 4.35. The molecule has 21 heavy (non-hydrogen) atoms. The fraction of sp³-hybridized carbons (Fsp3) is 0.600. The Bertz CT molecular complexity index is 408. The van der Waals surface area contributed by atoms with Crippen molar-refractivity contribution in [1.29, 1.82) is 0 Å². The van der Waals surface area contributed by atoms with Crippen molar-refractivity contribution in [2.75, 3.05) is 12.3 Å². The van der Waals surface area contributed by atoms with Gasteiger partial charge in [0.05, 0.1) is 0 Å². The van der Waals surface area contributed by atoms with E-state index in [4.69, 9.17) is 15.9 Å². The molecule has 0 aromatic rings. The third-order valence-electron chi connectivity index (χ3n) is 2.31. The molecular weight excluding hydrogens is 369 g/mol. The number of rotatable bonds is 10. The maximum absolute atomic E-state index is 11.7. The summed E-state index contributed by atoms with van der Waals surface area (Å²) in [7, 11) is 1.24. The SMILES string of the molecule is N[C@@H](CCC(=O)N[C@@H](CS[SeH])C(=O)NCC(=O)O)C(=O)O. The van der Waals surface area contributed by atoms with Crippen molar-refractivity contribution in [2.45, 2.75) is 24.9 Å². The number of aliphatic carboxylic acids is 2. The molecule has 0 saturated heterocycles. The van der Waals surface area contributed by atoms with Gasteiger partial charge in [0.25, 0.3) is 0 Å². The van der Waals surface area contributed by atoms with Gasteiger partial charge in [0, 0.05) is 0 Å². The van der Waals surface area contributed by atoms with Crippen molar-refractivity contribution in [3.05, 3.63) is 0 Å². The van der Waals surface area contributed by atoms with Crippen LogP contribution < -0.4 is 16.4 Å². The number of nitrogens with one attached hydrogen (secondary N) is 2. The van der Waals surface area contributed by atoms with Crippen LogP contribution in [0.1, 0.15) is 12.8 Å². The summed E-state index contributed by atoms with van der Waals surface area (Å²) < 4.78 is 0. The average molecular weight is 386 g/mol. The number of amides is 2. The molecule has 120 valence electrons. The van der Waals surface area contributed by atoms with Gasteiger partial charge in [-0.25, -0.2) is 0 Å². The topological polar surface area (TPSA) is 159 Å². The third-order valence-corrected chi connectivity index (χ3v) is 3.73. The first kappa shape index (κ1) is 19.7. The molecule has 0 radical (unpaired) electrons. The summed E-state index contributed by atoms with van der Waals surface area (Å²) in [6, 6.07) is -2.04. The molecule has 0 aromatic carbocycles. The van der Waals surface area contributed by atoms with Crippen LogP contribution >= 0.6 is 10.2 Å². The third kappa shape index (κ3) is 9.29. The standard InChI is InChI=1S/C10H17N3O6SSe/c11-5(10(18)19)1-2-7(14)13-6(4-20-21)9(17)12-3-8(15)16/h5-6,21H,1-4,11H2,(H,12,17)(H,13,14)(H,15,16)(H,18,19)/t5-,6-/m0/s1. The quantitative estimate of drug-likeness (QED) is 0.256. The molecule has 11 heteroatoms. The van der Waals surface area contributed by atoms with Gasteiger partial charge in [-0.05, 0) is 0 Å². The number of nitrogens with two attached hydrogens (primary N) is 1. The van der Waals surface area contributed by atoms with E-state index in [2.05, 4.69) is 25.5 Å². The fourth-order valence-electron chi connectivity index (χ4n) is 1.22. The molecule has 0 rings (SSSR count). The van der Waals surface area contributed by atoms with Crippen LogP contribution in [0, 0.1) is 0 Å². The Morgan fingerprint density at radius 1 is 1.24 bits per heavy atom. The molecule has 2 atom stereocenters. The van der Waals surface area contributed by atoms with E-state index in [9.17, 15) is 19.2 Å². The van der Waals surface area contributed by atoms with E-state index in [0.29, 0.717) is 0 Å². The number of carboxylic acids is 2. The number of carbonyl (C=O) groups is 4. The minimum atomic E-state index is -1.21. The molecule has 0 aliphatic rings. The molecule has 6 N–H and O–H groups in total. The second kappa shape index (κ2) is 10.4. The molecule has 0 saturated carbocycles. The first-order chi connectivity index (χ1) is 9.77. The number of hydrogen-bond donors (Lipinski definition) is 5. The van der Waals surface area contributed by atoms with Gasteiger partial charge in [-0.1, -0.05) is 0 Å². The second-order valence-corrected chi connectivity index (χ2v) is 6.23. The van der Waals surface area contributed by atoms with Crippen LogP contribution in [0.15, 0.2) is 0 Å². The molecule has 0 spiro atoms. The average Bonchev–Trinajstić information content (AvgIpc) is 2.41. The van der Waals surface area contributed by atoms with Gasteiger partial charge in [-0.3, -0.25) is 0 Å². The van der Waals surface area contributed by atoms with Crippen LogP contribution in [-0.4, -0.2) is 73.2 Å². The molecule has 0 aromatic heterocycles. The first-order valence-electron chi connectivity index (χ1n) is 5.81. The monoisotopic (exact) mass is 387 g/mol. The molecule has 0 aliphatic carbocycles. The summed E-state index contributed by atoms with van der Waals surface area (Å²) in [6.07, 6.45) is -0.195. The molecule has 9 nitrogen and oxygen atoms in total. The Morgan fingerprint density at radius 2 is 1.86 bits per heavy atom. The maximum atomic E-state index is 11.7. The van der Waals surface area contributed by atoms with E-state index >= 15 is 0 Å². The van der Waals surface area contributed by atoms with Crippen molar-refractivity contribution >= 4 is 48.8 Å². The van der Waals surface area contributed by atoms with Gasteiger partial charge in [0.2, 0.25) is 0 Å². The summed E-state index contributed by atoms with van der Waals surface area (Å²) in [5.41, 5.74) is 5.26. The van der Waals surface area contributed by atoms with Crippen LogP contribution in [0.2, 0.25) is 0 Å². The normalized spacial score (nSPS) is 13.0. The van der Waals surface area contributed by atoms with Gasteiger partial charge in [0.15, 0.2) is 0 Å². The van der Waals surface area contributed by atoms with E-state index < -0.39 is 42.4 Å². The Labute approximate surface area is 132 Å². The van der Waals surface area contributed by atoms with E-state index in [1.807, 2.05) is 0 Å². The molecule has 0 unspecified atom stereocenters. The Hall–Kier alpha value is -1.29. The molecular formula is C10H17N3O6SSe. The van der Waals surface area contributed by atoms with E-state index in [-0.39, 0.29) is 18.6 Å². The summed E-state index contributed by atoms with van der Waals surface area (Å²) in [5, 5.41) is 21.6. The zero-order valence-electron chi connectivity index (χ0n) is 10.9. The summed E-state index contributed by atoms with van der Waals surface area (Å²) in [6.45, 7) is -0.543. The first-order valence-corrected chi connectivity index (χ1v) is 9.05. The molecule has 0 fully saturated rings. The summed E-state index contributed by atoms with van der Waals surface area (Å²) >= 11 is 2.16. The summed E-state index contributed by atoms with van der Waals surface area (Å²) in [4.78, 5) is 44.2. The van der Waals surface area contributed by atoms with E-state index in [1.165, 1.54) is 10.2 Å². The van der Waals surface area contributed by atoms with Crippen molar-refractivity contribution in [1.82, 2.24) is 10.6 Å². The van der Waals surface area contributed by atoms with E-state index in [0.717, 1.165) is 0 Å². The van der Waals surface area contributed by atoms with E-state index in [1.54, 1.807) is 0 Å². The van der Waals surface area contributed by atoms with Gasteiger partial charge >= 0.3 is 132 Å². The predicted molar refractivity (Wildman–Crippen MR) is 77.0 cm³/mol. The van der Waals surface area contributed by atoms with Crippen LogP contribution in [0.5, 0.6) is 0 Å². The number of carbonyl (C=O) groups excluding carboxylic acids is 2. The molecule has 2 amide bonds.